The lowest BCUT2D eigenvalue weighted by molar-refractivity contribution is 0.277. The Hall–Kier alpha value is -0.800. The molecule has 0 bridgehead atoms. The van der Waals surface area contributed by atoms with Crippen LogP contribution < -0.4 is 4.90 Å². The molecule has 1 aromatic rings. The van der Waals surface area contributed by atoms with Crippen LogP contribution in [0.15, 0.2) is 12.1 Å². The largest absolute Gasteiger partial charge is 0.390 e. The Morgan fingerprint density at radius 1 is 1.38 bits per heavy atom. The molecule has 0 aliphatic carbocycles. The number of rotatable bonds is 5. The fourth-order valence-corrected chi connectivity index (χ4v) is 1.97. The third-order valence-electron chi connectivity index (χ3n) is 2.91. The van der Waals surface area contributed by atoms with Crippen LogP contribution in [0.2, 0.25) is 5.02 Å². The summed E-state index contributed by atoms with van der Waals surface area (Å²) in [6.07, 6.45) is 2.15. The number of hydrogen-bond donors (Lipinski definition) is 1. The number of aromatic nitrogens is 1. The molecular formula is C12H19ClN2O. The van der Waals surface area contributed by atoms with Gasteiger partial charge in [-0.3, -0.25) is 0 Å². The van der Waals surface area contributed by atoms with Gasteiger partial charge in [-0.2, -0.15) is 0 Å². The second kappa shape index (κ2) is 6.06. The molecule has 1 heterocycles. The van der Waals surface area contributed by atoms with Gasteiger partial charge in [0.25, 0.3) is 0 Å². The predicted molar refractivity (Wildman–Crippen MR) is 67.9 cm³/mol. The Bertz CT molecular complexity index is 340. The highest BCUT2D eigenvalue weighted by Crippen LogP contribution is 2.21. The van der Waals surface area contributed by atoms with Crippen molar-refractivity contribution in [2.45, 2.75) is 39.3 Å². The Morgan fingerprint density at radius 3 is 2.50 bits per heavy atom. The molecule has 0 saturated carbocycles. The van der Waals surface area contributed by atoms with Crippen molar-refractivity contribution in [1.29, 1.82) is 0 Å². The number of nitrogens with zero attached hydrogens (tertiary/aromatic N) is 2. The number of aliphatic hydroxyl groups excluding tert-OH is 1. The number of aliphatic hydroxyl groups is 1. The third kappa shape index (κ3) is 2.86. The first-order valence-electron chi connectivity index (χ1n) is 5.63. The first-order chi connectivity index (χ1) is 7.63. The molecule has 0 aliphatic rings. The molecule has 0 atom stereocenters. The zero-order chi connectivity index (χ0) is 12.1. The zero-order valence-corrected chi connectivity index (χ0v) is 10.8. The second-order valence-electron chi connectivity index (χ2n) is 3.84. The molecule has 1 aromatic heterocycles. The number of halogens is 1. The van der Waals surface area contributed by atoms with Gasteiger partial charge in [0.2, 0.25) is 0 Å². The van der Waals surface area contributed by atoms with Gasteiger partial charge >= 0.3 is 0 Å². The predicted octanol–water partition coefficient (Wildman–Crippen LogP) is 2.85. The van der Waals surface area contributed by atoms with Crippen LogP contribution in [0, 0.1) is 0 Å². The Labute approximate surface area is 102 Å². The normalized spacial score (nSPS) is 10.9. The van der Waals surface area contributed by atoms with Gasteiger partial charge in [-0.05, 0) is 25.0 Å². The number of hydrogen-bond acceptors (Lipinski definition) is 3. The highest BCUT2D eigenvalue weighted by atomic mass is 35.5. The second-order valence-corrected chi connectivity index (χ2v) is 4.24. The van der Waals surface area contributed by atoms with Crippen molar-refractivity contribution in [3.8, 4) is 0 Å². The molecule has 16 heavy (non-hydrogen) atoms. The lowest BCUT2D eigenvalue weighted by Gasteiger charge is -2.27. The Kier molecular flexibility index (Phi) is 5.03. The lowest BCUT2D eigenvalue weighted by Crippen LogP contribution is -2.31. The van der Waals surface area contributed by atoms with E-state index in [9.17, 15) is 0 Å². The highest BCUT2D eigenvalue weighted by molar-refractivity contribution is 6.31. The molecule has 1 rings (SSSR count). The maximum Gasteiger partial charge on any atom is 0.129 e. The molecule has 0 aromatic carbocycles. The van der Waals surface area contributed by atoms with E-state index in [2.05, 4.69) is 23.7 Å². The van der Waals surface area contributed by atoms with Crippen LogP contribution in [0.4, 0.5) is 5.82 Å². The summed E-state index contributed by atoms with van der Waals surface area (Å²) in [4.78, 5) is 6.49. The zero-order valence-electron chi connectivity index (χ0n) is 10.1. The van der Waals surface area contributed by atoms with E-state index in [1.54, 1.807) is 6.07 Å². The average Bonchev–Trinajstić information content (AvgIpc) is 2.31. The van der Waals surface area contributed by atoms with E-state index < -0.39 is 0 Å². The minimum atomic E-state index is -0.122. The van der Waals surface area contributed by atoms with Crippen molar-refractivity contribution in [3.05, 3.63) is 22.8 Å². The van der Waals surface area contributed by atoms with Gasteiger partial charge < -0.3 is 10.0 Å². The van der Waals surface area contributed by atoms with Crippen molar-refractivity contribution < 1.29 is 5.11 Å². The van der Waals surface area contributed by atoms with Gasteiger partial charge in [-0.1, -0.05) is 25.4 Å². The van der Waals surface area contributed by atoms with Gasteiger partial charge in [0.1, 0.15) is 5.82 Å². The summed E-state index contributed by atoms with van der Waals surface area (Å²) in [7, 11) is 2.02. The van der Waals surface area contributed by atoms with Crippen molar-refractivity contribution in [3.63, 3.8) is 0 Å². The standard InChI is InChI=1S/C12H19ClN2O/c1-4-9(5-2)15(3)12-7-6-10(13)11(8-16)14-12/h6-7,9,16H,4-5,8H2,1-3H3. The minimum absolute atomic E-state index is 0.122. The summed E-state index contributed by atoms with van der Waals surface area (Å²) < 4.78 is 0. The maximum atomic E-state index is 9.11. The topological polar surface area (TPSA) is 36.4 Å². The van der Waals surface area contributed by atoms with E-state index in [0.29, 0.717) is 16.8 Å². The quantitative estimate of drug-likeness (QED) is 0.863. The molecule has 0 amide bonds. The molecule has 0 aliphatic heterocycles. The Morgan fingerprint density at radius 2 is 2.00 bits per heavy atom. The minimum Gasteiger partial charge on any atom is -0.390 e. The number of anilines is 1. The average molecular weight is 243 g/mol. The molecule has 4 heteroatoms. The molecular weight excluding hydrogens is 224 g/mol. The van der Waals surface area contributed by atoms with Crippen LogP contribution in [0.1, 0.15) is 32.4 Å². The fraction of sp³-hybridized carbons (Fsp3) is 0.583. The molecule has 0 fully saturated rings. The van der Waals surface area contributed by atoms with Crippen molar-refractivity contribution in [1.82, 2.24) is 4.98 Å². The lowest BCUT2D eigenvalue weighted by atomic mass is 10.1. The van der Waals surface area contributed by atoms with Crippen LogP contribution in [0.5, 0.6) is 0 Å². The van der Waals surface area contributed by atoms with E-state index in [-0.39, 0.29) is 6.61 Å². The van der Waals surface area contributed by atoms with Crippen LogP contribution >= 0.6 is 11.6 Å². The fourth-order valence-electron chi connectivity index (χ4n) is 1.80. The third-order valence-corrected chi connectivity index (χ3v) is 3.25. The van der Waals surface area contributed by atoms with E-state index in [1.165, 1.54) is 0 Å². The van der Waals surface area contributed by atoms with Crippen LogP contribution in [0.25, 0.3) is 0 Å². The maximum absolute atomic E-state index is 9.11. The van der Waals surface area contributed by atoms with Crippen molar-refractivity contribution in [2.75, 3.05) is 11.9 Å². The van der Waals surface area contributed by atoms with Crippen LogP contribution in [0.3, 0.4) is 0 Å². The van der Waals surface area contributed by atoms with Crippen LogP contribution in [-0.2, 0) is 6.61 Å². The summed E-state index contributed by atoms with van der Waals surface area (Å²) in [5, 5.41) is 9.63. The van der Waals surface area contributed by atoms with Gasteiger partial charge in [0.05, 0.1) is 17.3 Å². The molecule has 0 unspecified atom stereocenters. The van der Waals surface area contributed by atoms with Crippen molar-refractivity contribution >= 4 is 17.4 Å². The first-order valence-corrected chi connectivity index (χ1v) is 6.00. The monoisotopic (exact) mass is 242 g/mol. The molecule has 0 saturated heterocycles. The van der Waals surface area contributed by atoms with Gasteiger partial charge in [-0.15, -0.1) is 0 Å². The molecule has 1 N–H and O–H groups in total. The molecule has 90 valence electrons. The van der Waals surface area contributed by atoms with E-state index in [1.807, 2.05) is 13.1 Å². The highest BCUT2D eigenvalue weighted by Gasteiger charge is 2.13. The summed E-state index contributed by atoms with van der Waals surface area (Å²) in [6.45, 7) is 4.20. The summed E-state index contributed by atoms with van der Waals surface area (Å²) in [6, 6.07) is 4.15. The SMILES string of the molecule is CCC(CC)N(C)c1ccc(Cl)c(CO)n1. The van der Waals surface area contributed by atoms with Gasteiger partial charge in [0, 0.05) is 13.1 Å². The summed E-state index contributed by atoms with van der Waals surface area (Å²) >= 11 is 5.91. The van der Waals surface area contributed by atoms with E-state index in [0.717, 1.165) is 18.7 Å². The summed E-state index contributed by atoms with van der Waals surface area (Å²) in [5.41, 5.74) is 0.539. The first kappa shape index (κ1) is 13.3. The van der Waals surface area contributed by atoms with Gasteiger partial charge in [-0.25, -0.2) is 4.98 Å². The van der Waals surface area contributed by atoms with Crippen LogP contribution in [-0.4, -0.2) is 23.2 Å². The van der Waals surface area contributed by atoms with Gasteiger partial charge in [0.15, 0.2) is 0 Å². The molecule has 0 radical (unpaired) electrons. The summed E-state index contributed by atoms with van der Waals surface area (Å²) in [5.74, 6) is 0.863. The smallest absolute Gasteiger partial charge is 0.129 e. The van der Waals surface area contributed by atoms with E-state index >= 15 is 0 Å². The number of pyridine rings is 1. The van der Waals surface area contributed by atoms with E-state index in [4.69, 9.17) is 16.7 Å². The Balaban J connectivity index is 2.95. The van der Waals surface area contributed by atoms with Crippen molar-refractivity contribution in [2.24, 2.45) is 0 Å². The molecule has 3 nitrogen and oxygen atoms in total. The molecule has 0 spiro atoms.